The molecule has 1 amide bonds. The van der Waals surface area contributed by atoms with Gasteiger partial charge in [-0.25, -0.2) is 0 Å². The number of carbonyl (C=O) groups excluding carboxylic acids is 2. The summed E-state index contributed by atoms with van der Waals surface area (Å²) in [6, 6.07) is -0.338. The van der Waals surface area contributed by atoms with Gasteiger partial charge < -0.3 is 15.0 Å². The van der Waals surface area contributed by atoms with Crippen molar-refractivity contribution >= 4 is 12.2 Å². The van der Waals surface area contributed by atoms with Crippen LogP contribution in [0, 0.1) is 5.92 Å². The van der Waals surface area contributed by atoms with Crippen LogP contribution in [0.5, 0.6) is 0 Å². The van der Waals surface area contributed by atoms with Crippen LogP contribution in [-0.4, -0.2) is 42.8 Å². The van der Waals surface area contributed by atoms with Gasteiger partial charge in [0.05, 0.1) is 12.1 Å². The highest BCUT2D eigenvalue weighted by atomic mass is 16.2. The molecule has 1 heterocycles. The molecule has 1 N–H and O–H groups in total. The third-order valence-corrected chi connectivity index (χ3v) is 2.86. The van der Waals surface area contributed by atoms with Gasteiger partial charge in [0.15, 0.2) is 0 Å². The SMILES string of the molecule is CN[C@H]1CCN([C@H](C=O)CC(C)C)C1=O. The zero-order valence-corrected chi connectivity index (χ0v) is 9.69. The highest BCUT2D eigenvalue weighted by molar-refractivity contribution is 5.86. The van der Waals surface area contributed by atoms with E-state index < -0.39 is 0 Å². The first-order valence-electron chi connectivity index (χ1n) is 5.53. The Balaban J connectivity index is 2.62. The third kappa shape index (κ3) is 2.78. The molecular weight excluding hydrogens is 192 g/mol. The van der Waals surface area contributed by atoms with Gasteiger partial charge in [0, 0.05) is 6.54 Å². The maximum absolute atomic E-state index is 11.8. The molecule has 1 fully saturated rings. The molecule has 0 aromatic heterocycles. The molecule has 1 aliphatic rings. The van der Waals surface area contributed by atoms with Crippen molar-refractivity contribution in [3.05, 3.63) is 0 Å². The van der Waals surface area contributed by atoms with Gasteiger partial charge in [0.1, 0.15) is 6.29 Å². The molecule has 0 bridgehead atoms. The first-order chi connectivity index (χ1) is 7.10. The molecule has 1 rings (SSSR count). The Kier molecular flexibility index (Phi) is 4.27. The van der Waals surface area contributed by atoms with Crippen molar-refractivity contribution in [1.82, 2.24) is 10.2 Å². The maximum Gasteiger partial charge on any atom is 0.240 e. The highest BCUT2D eigenvalue weighted by Crippen LogP contribution is 2.18. The summed E-state index contributed by atoms with van der Waals surface area (Å²) < 4.78 is 0. The molecule has 4 heteroatoms. The summed E-state index contributed by atoms with van der Waals surface area (Å²) in [6.45, 7) is 4.82. The van der Waals surface area contributed by atoms with E-state index in [2.05, 4.69) is 19.2 Å². The van der Waals surface area contributed by atoms with E-state index >= 15 is 0 Å². The molecule has 2 atom stereocenters. The van der Waals surface area contributed by atoms with E-state index in [0.29, 0.717) is 12.5 Å². The lowest BCUT2D eigenvalue weighted by Crippen LogP contribution is -2.43. The number of nitrogens with zero attached hydrogens (tertiary/aromatic N) is 1. The number of likely N-dealkylation sites (tertiary alicyclic amines) is 1. The predicted octanol–water partition coefficient (Wildman–Crippen LogP) is 0.420. The van der Waals surface area contributed by atoms with E-state index in [1.165, 1.54) is 0 Å². The lowest BCUT2D eigenvalue weighted by atomic mass is 10.0. The molecule has 0 unspecified atom stereocenters. The van der Waals surface area contributed by atoms with Crippen LogP contribution in [0.1, 0.15) is 26.7 Å². The lowest BCUT2D eigenvalue weighted by molar-refractivity contribution is -0.134. The first kappa shape index (κ1) is 12.2. The fourth-order valence-corrected chi connectivity index (χ4v) is 2.04. The molecule has 1 saturated heterocycles. The minimum absolute atomic E-state index is 0.0650. The molecule has 0 aliphatic carbocycles. The van der Waals surface area contributed by atoms with Crippen LogP contribution in [0.25, 0.3) is 0 Å². The number of hydrogen-bond donors (Lipinski definition) is 1. The minimum atomic E-state index is -0.240. The number of rotatable bonds is 5. The second-order valence-corrected chi connectivity index (χ2v) is 4.49. The molecule has 0 radical (unpaired) electrons. The van der Waals surface area contributed by atoms with Gasteiger partial charge in [-0.05, 0) is 25.8 Å². The largest absolute Gasteiger partial charge is 0.332 e. The van der Waals surface area contributed by atoms with E-state index in [-0.39, 0.29) is 18.0 Å². The first-order valence-corrected chi connectivity index (χ1v) is 5.53. The highest BCUT2D eigenvalue weighted by Gasteiger charge is 2.34. The Morgan fingerprint density at radius 1 is 1.60 bits per heavy atom. The minimum Gasteiger partial charge on any atom is -0.332 e. The smallest absolute Gasteiger partial charge is 0.240 e. The van der Waals surface area contributed by atoms with Gasteiger partial charge >= 0.3 is 0 Å². The fourth-order valence-electron chi connectivity index (χ4n) is 2.04. The van der Waals surface area contributed by atoms with Gasteiger partial charge in [-0.1, -0.05) is 13.8 Å². The van der Waals surface area contributed by atoms with Crippen LogP contribution in [0.3, 0.4) is 0 Å². The van der Waals surface area contributed by atoms with Crippen molar-refractivity contribution in [1.29, 1.82) is 0 Å². The summed E-state index contributed by atoms with van der Waals surface area (Å²) in [6.07, 6.45) is 2.46. The second-order valence-electron chi connectivity index (χ2n) is 4.49. The van der Waals surface area contributed by atoms with Gasteiger partial charge in [-0.2, -0.15) is 0 Å². The van der Waals surface area contributed by atoms with Crippen molar-refractivity contribution in [2.24, 2.45) is 5.92 Å². The van der Waals surface area contributed by atoms with Gasteiger partial charge in [-0.15, -0.1) is 0 Å². The monoisotopic (exact) mass is 212 g/mol. The molecule has 4 nitrogen and oxygen atoms in total. The molecule has 0 aromatic rings. The Labute approximate surface area is 91.0 Å². The van der Waals surface area contributed by atoms with Crippen molar-refractivity contribution in [3.8, 4) is 0 Å². The van der Waals surface area contributed by atoms with Gasteiger partial charge in [0.2, 0.25) is 5.91 Å². The Morgan fingerprint density at radius 2 is 2.27 bits per heavy atom. The van der Waals surface area contributed by atoms with E-state index in [1.807, 2.05) is 0 Å². The van der Waals surface area contributed by atoms with Gasteiger partial charge in [0.25, 0.3) is 0 Å². The number of likely N-dealkylation sites (N-methyl/N-ethyl adjacent to an activating group) is 1. The van der Waals surface area contributed by atoms with Crippen LogP contribution in [0.15, 0.2) is 0 Å². The Hall–Kier alpha value is -0.900. The van der Waals surface area contributed by atoms with Crippen LogP contribution in [-0.2, 0) is 9.59 Å². The van der Waals surface area contributed by atoms with E-state index in [9.17, 15) is 9.59 Å². The quantitative estimate of drug-likeness (QED) is 0.672. The number of amides is 1. The molecule has 0 aromatic carbocycles. The number of aldehydes is 1. The Morgan fingerprint density at radius 3 is 2.67 bits per heavy atom. The Bertz CT molecular complexity index is 241. The summed E-state index contributed by atoms with van der Waals surface area (Å²) >= 11 is 0. The average molecular weight is 212 g/mol. The van der Waals surface area contributed by atoms with Crippen molar-refractivity contribution in [2.45, 2.75) is 38.8 Å². The normalized spacial score (nSPS) is 23.6. The van der Waals surface area contributed by atoms with Crippen molar-refractivity contribution < 1.29 is 9.59 Å². The summed E-state index contributed by atoms with van der Waals surface area (Å²) in [4.78, 5) is 24.5. The molecule has 15 heavy (non-hydrogen) atoms. The van der Waals surface area contributed by atoms with Crippen LogP contribution < -0.4 is 5.32 Å². The van der Waals surface area contributed by atoms with Crippen LogP contribution in [0.4, 0.5) is 0 Å². The third-order valence-electron chi connectivity index (χ3n) is 2.86. The average Bonchev–Trinajstić information content (AvgIpc) is 2.56. The van der Waals surface area contributed by atoms with Crippen LogP contribution >= 0.6 is 0 Å². The lowest BCUT2D eigenvalue weighted by Gasteiger charge is -2.24. The summed E-state index contributed by atoms with van der Waals surface area (Å²) in [5, 5.41) is 2.97. The zero-order valence-electron chi connectivity index (χ0n) is 9.69. The van der Waals surface area contributed by atoms with Crippen molar-refractivity contribution in [2.75, 3.05) is 13.6 Å². The zero-order chi connectivity index (χ0) is 11.4. The molecule has 86 valence electrons. The maximum atomic E-state index is 11.8. The standard InChI is InChI=1S/C11H20N2O2/c1-8(2)6-9(7-14)13-5-4-10(12-3)11(13)15/h7-10,12H,4-6H2,1-3H3/t9-,10-/m0/s1. The van der Waals surface area contributed by atoms with Crippen molar-refractivity contribution in [3.63, 3.8) is 0 Å². The number of nitrogens with one attached hydrogen (secondary N) is 1. The number of carbonyl (C=O) groups is 2. The van der Waals surface area contributed by atoms with E-state index in [4.69, 9.17) is 0 Å². The van der Waals surface area contributed by atoms with Gasteiger partial charge in [-0.3, -0.25) is 4.79 Å². The topological polar surface area (TPSA) is 49.4 Å². The second kappa shape index (κ2) is 5.26. The summed E-state index contributed by atoms with van der Waals surface area (Å²) in [5.74, 6) is 0.497. The van der Waals surface area contributed by atoms with E-state index in [0.717, 1.165) is 19.1 Å². The van der Waals surface area contributed by atoms with Crippen LogP contribution in [0.2, 0.25) is 0 Å². The van der Waals surface area contributed by atoms with E-state index in [1.54, 1.807) is 11.9 Å². The number of hydrogen-bond acceptors (Lipinski definition) is 3. The molecule has 0 spiro atoms. The predicted molar refractivity (Wildman–Crippen MR) is 58.5 cm³/mol. The molecule has 1 aliphatic heterocycles. The molecular formula is C11H20N2O2. The molecule has 0 saturated carbocycles. The summed E-state index contributed by atoms with van der Waals surface area (Å²) in [7, 11) is 1.78. The fraction of sp³-hybridized carbons (Fsp3) is 0.818. The summed E-state index contributed by atoms with van der Waals surface area (Å²) in [5.41, 5.74) is 0.